The number of aliphatic hydroxyl groups excluding tert-OH is 2. The van der Waals surface area contributed by atoms with Crippen molar-refractivity contribution in [2.24, 2.45) is 5.73 Å². The van der Waals surface area contributed by atoms with Crippen LogP contribution < -0.4 is 10.5 Å². The molecule has 28 heavy (non-hydrogen) atoms. The molecule has 6 nitrogen and oxygen atoms in total. The summed E-state index contributed by atoms with van der Waals surface area (Å²) < 4.78 is 5.86. The number of unbranched alkanes of at least 4 members (excludes halogenated alkanes) is 4. The molecular weight excluding hydrogens is 377 g/mol. The molecule has 0 unspecified atom stereocenters. The summed E-state index contributed by atoms with van der Waals surface area (Å²) in [5.74, 6) is 0.938. The molecule has 1 aromatic carbocycles. The van der Waals surface area contributed by atoms with Crippen molar-refractivity contribution in [2.75, 3.05) is 19.8 Å². The van der Waals surface area contributed by atoms with Gasteiger partial charge < -0.3 is 30.5 Å². The molecule has 6 N–H and O–H groups in total. The van der Waals surface area contributed by atoms with Crippen LogP contribution in [-0.2, 0) is 6.42 Å². The van der Waals surface area contributed by atoms with E-state index in [0.717, 1.165) is 36.3 Å². The monoisotopic (exact) mass is 419 g/mol. The maximum absolute atomic E-state index is 9.23. The van der Waals surface area contributed by atoms with Crippen molar-refractivity contribution in [2.45, 2.75) is 78.2 Å². The first-order chi connectivity index (χ1) is 13.5. The van der Waals surface area contributed by atoms with Crippen LogP contribution in [-0.4, -0.2) is 45.4 Å². The van der Waals surface area contributed by atoms with Gasteiger partial charge in [-0.05, 0) is 43.4 Å². The number of hydrogen-bond donors (Lipinski definition) is 5. The summed E-state index contributed by atoms with van der Waals surface area (Å²) in [6.07, 6.45) is 7.47. The van der Waals surface area contributed by atoms with Gasteiger partial charge in [0.1, 0.15) is 14.8 Å². The Balaban J connectivity index is 0. The molecule has 1 rings (SSSR count). The standard InChI is InChI=1S/C19H33NO3.C2H6.H3O2P/c1-3-4-5-6-7-12-23-18-9-8-17(13-16(18)2)10-11-19(20,14-21)15-22;1-2;1-3-2/h8-9,13,21-22H,3-7,10-12,14-15,20H2,1-2H3;1-2H3;1-3H. The van der Waals surface area contributed by atoms with E-state index in [9.17, 15) is 10.2 Å². The smallest absolute Gasteiger partial charge is 0.149 e. The van der Waals surface area contributed by atoms with E-state index in [-0.39, 0.29) is 13.2 Å². The van der Waals surface area contributed by atoms with Gasteiger partial charge in [0.05, 0.1) is 25.4 Å². The van der Waals surface area contributed by atoms with Gasteiger partial charge in [-0.3, -0.25) is 0 Å². The molecule has 0 amide bonds. The highest BCUT2D eigenvalue weighted by atomic mass is 31.1. The van der Waals surface area contributed by atoms with Crippen LogP contribution >= 0.6 is 9.03 Å². The minimum atomic E-state index is -0.917. The number of ether oxygens (including phenoxy) is 1. The zero-order chi connectivity index (χ0) is 21.8. The Hall–Kier alpha value is -0.750. The normalized spacial score (nSPS) is 10.5. The van der Waals surface area contributed by atoms with Crippen molar-refractivity contribution in [1.29, 1.82) is 0 Å². The Bertz CT molecular complexity index is 470. The van der Waals surface area contributed by atoms with Crippen molar-refractivity contribution in [1.82, 2.24) is 0 Å². The average Bonchev–Trinajstić information content (AvgIpc) is 2.72. The molecule has 166 valence electrons. The van der Waals surface area contributed by atoms with Crippen LogP contribution in [0.2, 0.25) is 0 Å². The molecule has 0 radical (unpaired) electrons. The maximum atomic E-state index is 9.23. The molecule has 0 aromatic heterocycles. The first-order valence-electron chi connectivity index (χ1n) is 10.2. The lowest BCUT2D eigenvalue weighted by Crippen LogP contribution is -2.47. The molecule has 7 heteroatoms. The SMILES string of the molecule is CC.CCCCCCCOc1ccc(CCC(N)(CO)CO)cc1C.OPO. The summed E-state index contributed by atoms with van der Waals surface area (Å²) in [6.45, 7) is 8.62. The predicted molar refractivity (Wildman–Crippen MR) is 119 cm³/mol. The van der Waals surface area contributed by atoms with Crippen molar-refractivity contribution in [3.8, 4) is 5.75 Å². The fourth-order valence-corrected chi connectivity index (χ4v) is 2.52. The van der Waals surface area contributed by atoms with Gasteiger partial charge in [-0.25, -0.2) is 0 Å². The van der Waals surface area contributed by atoms with E-state index in [1.165, 1.54) is 25.7 Å². The number of nitrogens with two attached hydrogens (primary N) is 1. The number of aliphatic hydroxyl groups is 2. The van der Waals surface area contributed by atoms with Crippen molar-refractivity contribution < 1.29 is 24.7 Å². The van der Waals surface area contributed by atoms with Crippen LogP contribution in [0.5, 0.6) is 5.75 Å². The molecule has 0 saturated heterocycles. The lowest BCUT2D eigenvalue weighted by atomic mass is 9.93. The second-order valence-electron chi connectivity index (χ2n) is 6.64. The molecule has 0 bridgehead atoms. The minimum Gasteiger partial charge on any atom is -0.493 e. The van der Waals surface area contributed by atoms with Crippen LogP contribution in [0.15, 0.2) is 18.2 Å². The summed E-state index contributed by atoms with van der Waals surface area (Å²) in [4.78, 5) is 14.3. The minimum absolute atomic E-state index is 0.207. The highest BCUT2D eigenvalue weighted by molar-refractivity contribution is 7.23. The zero-order valence-corrected chi connectivity index (χ0v) is 19.1. The summed E-state index contributed by atoms with van der Waals surface area (Å²) in [7, 11) is -0.917. The Kier molecular flexibility index (Phi) is 20.6. The molecule has 0 spiro atoms. The van der Waals surface area contributed by atoms with Gasteiger partial charge in [0, 0.05) is 0 Å². The van der Waals surface area contributed by atoms with Gasteiger partial charge in [0.15, 0.2) is 0 Å². The third-order valence-corrected chi connectivity index (χ3v) is 4.29. The molecule has 1 aromatic rings. The number of aryl methyl sites for hydroxylation is 2. The van der Waals surface area contributed by atoms with E-state index < -0.39 is 14.6 Å². The second-order valence-corrected chi connectivity index (χ2v) is 6.84. The van der Waals surface area contributed by atoms with E-state index >= 15 is 0 Å². The van der Waals surface area contributed by atoms with Crippen molar-refractivity contribution in [3.63, 3.8) is 0 Å². The van der Waals surface area contributed by atoms with Crippen LogP contribution in [0.3, 0.4) is 0 Å². The van der Waals surface area contributed by atoms with Gasteiger partial charge in [0.25, 0.3) is 0 Å². The fourth-order valence-electron chi connectivity index (χ4n) is 2.52. The largest absolute Gasteiger partial charge is 0.493 e. The van der Waals surface area contributed by atoms with Crippen molar-refractivity contribution >= 4 is 9.03 Å². The van der Waals surface area contributed by atoms with Gasteiger partial charge in [0.2, 0.25) is 0 Å². The topological polar surface area (TPSA) is 116 Å². The van der Waals surface area contributed by atoms with E-state index in [1.54, 1.807) is 0 Å². The molecule has 0 aliphatic rings. The molecule has 0 aliphatic carbocycles. The lowest BCUT2D eigenvalue weighted by Gasteiger charge is -2.24. The van der Waals surface area contributed by atoms with Gasteiger partial charge in [-0.15, -0.1) is 0 Å². The summed E-state index contributed by atoms with van der Waals surface area (Å²) >= 11 is 0. The van der Waals surface area contributed by atoms with Crippen LogP contribution in [0.25, 0.3) is 0 Å². The predicted octanol–water partition coefficient (Wildman–Crippen LogP) is 3.46. The number of rotatable bonds is 12. The van der Waals surface area contributed by atoms with E-state index in [2.05, 4.69) is 13.0 Å². The number of hydrogen-bond acceptors (Lipinski definition) is 6. The highest BCUT2D eigenvalue weighted by Crippen LogP contribution is 2.21. The van der Waals surface area contributed by atoms with Crippen LogP contribution in [0.1, 0.15) is 70.4 Å². The zero-order valence-electron chi connectivity index (χ0n) is 18.1. The second kappa shape index (κ2) is 19.6. The molecule has 0 fully saturated rings. The van der Waals surface area contributed by atoms with Gasteiger partial charge >= 0.3 is 0 Å². The molecule has 0 heterocycles. The quantitative estimate of drug-likeness (QED) is 0.262. The van der Waals surface area contributed by atoms with E-state index in [1.807, 2.05) is 32.9 Å². The molecule has 0 saturated carbocycles. The Labute approximate surface area is 173 Å². The van der Waals surface area contributed by atoms with Gasteiger partial charge in [-0.2, -0.15) is 0 Å². The Morgan fingerprint density at radius 2 is 1.61 bits per heavy atom. The van der Waals surface area contributed by atoms with E-state index in [4.69, 9.17) is 20.3 Å². The third kappa shape index (κ3) is 14.3. The van der Waals surface area contributed by atoms with Crippen molar-refractivity contribution in [3.05, 3.63) is 29.3 Å². The van der Waals surface area contributed by atoms with E-state index in [0.29, 0.717) is 6.42 Å². The molecular formula is C21H42NO5P. The number of benzene rings is 1. The van der Waals surface area contributed by atoms with Crippen LogP contribution in [0.4, 0.5) is 0 Å². The summed E-state index contributed by atoms with van der Waals surface area (Å²) in [5.41, 5.74) is 7.27. The Morgan fingerprint density at radius 1 is 1.04 bits per heavy atom. The summed E-state index contributed by atoms with van der Waals surface area (Å²) in [5, 5.41) is 18.5. The first kappa shape index (κ1) is 29.5. The lowest BCUT2D eigenvalue weighted by molar-refractivity contribution is 0.115. The first-order valence-corrected chi connectivity index (χ1v) is 11.1. The average molecular weight is 420 g/mol. The molecule has 0 aliphatic heterocycles. The fraction of sp³-hybridized carbons (Fsp3) is 0.714. The summed E-state index contributed by atoms with van der Waals surface area (Å²) in [6, 6.07) is 6.14. The molecule has 0 atom stereocenters. The highest BCUT2D eigenvalue weighted by Gasteiger charge is 2.22. The third-order valence-electron chi connectivity index (χ3n) is 4.29. The Morgan fingerprint density at radius 3 is 2.11 bits per heavy atom. The maximum Gasteiger partial charge on any atom is 0.149 e. The van der Waals surface area contributed by atoms with Gasteiger partial charge in [-0.1, -0.05) is 58.6 Å². The van der Waals surface area contributed by atoms with Crippen LogP contribution in [0, 0.1) is 6.92 Å².